The fourth-order valence-corrected chi connectivity index (χ4v) is 3.37. The van der Waals surface area contributed by atoms with Crippen molar-refractivity contribution < 1.29 is 16.4 Å². The Morgan fingerprint density at radius 2 is 1.88 bits per heavy atom. The highest BCUT2D eigenvalue weighted by molar-refractivity contribution is 5.67. The first-order chi connectivity index (χ1) is 15.9. The molecule has 0 spiro atoms. The second-order valence-electron chi connectivity index (χ2n) is 7.48. The van der Waals surface area contributed by atoms with Gasteiger partial charge < -0.3 is 15.4 Å². The molecule has 33 heavy (non-hydrogen) atoms. The van der Waals surface area contributed by atoms with Gasteiger partial charge >= 0.3 is 0 Å². The van der Waals surface area contributed by atoms with Crippen LogP contribution in [-0.2, 0) is 13.6 Å². The van der Waals surface area contributed by atoms with E-state index in [2.05, 4.69) is 27.3 Å². The molecule has 2 N–H and O–H groups in total. The molecule has 172 valence electrons. The third kappa shape index (κ3) is 5.35. The average molecular weight is 452 g/mol. The summed E-state index contributed by atoms with van der Waals surface area (Å²) < 4.78 is 34.7. The predicted octanol–water partition coefficient (Wildman–Crippen LogP) is 6.19. The molecule has 0 aliphatic carbocycles. The molecule has 0 fully saturated rings. The van der Waals surface area contributed by atoms with Crippen LogP contribution in [0.25, 0.3) is 5.70 Å². The van der Waals surface area contributed by atoms with Crippen molar-refractivity contribution in [3.8, 4) is 11.5 Å². The van der Waals surface area contributed by atoms with Crippen molar-refractivity contribution in [2.24, 2.45) is 7.05 Å². The van der Waals surface area contributed by atoms with Crippen LogP contribution < -0.4 is 15.4 Å². The maximum absolute atomic E-state index is 13.4. The van der Waals surface area contributed by atoms with Crippen LogP contribution >= 0.6 is 0 Å². The zero-order valence-corrected chi connectivity index (χ0v) is 18.3. The van der Waals surface area contributed by atoms with Crippen LogP contribution in [0.4, 0.5) is 20.4 Å². The lowest BCUT2D eigenvalue weighted by molar-refractivity contribution is 0.478. The molecule has 0 atom stereocenters. The molecule has 2 aromatic carbocycles. The molecule has 0 radical (unpaired) electrons. The number of nitrogens with one attached hydrogen (secondary N) is 2. The topological polar surface area (TPSA) is 64.0 Å². The normalized spacial score (nSPS) is 10.7. The molecule has 2 aromatic heterocycles. The Balaban J connectivity index is 0.00000216. The van der Waals surface area contributed by atoms with Crippen molar-refractivity contribution in [1.82, 2.24) is 20.1 Å². The van der Waals surface area contributed by atoms with Gasteiger partial charge in [0.05, 0.1) is 6.20 Å². The molecule has 0 aliphatic heterocycles. The number of anilines is 2. The number of benzene rings is 2. The molecule has 4 aromatic rings. The van der Waals surface area contributed by atoms with Crippen LogP contribution in [0.3, 0.4) is 0 Å². The summed E-state index contributed by atoms with van der Waals surface area (Å²) in [6.07, 6.45) is 3.36. The predicted molar refractivity (Wildman–Crippen MR) is 128 cm³/mol. The number of hydrogen-bond donors (Lipinski definition) is 2. The summed E-state index contributed by atoms with van der Waals surface area (Å²) in [6.45, 7) is 6.24. The van der Waals surface area contributed by atoms with E-state index in [1.54, 1.807) is 29.2 Å². The van der Waals surface area contributed by atoms with Gasteiger partial charge in [0.2, 0.25) is 0 Å². The van der Waals surface area contributed by atoms with E-state index in [1.165, 1.54) is 12.1 Å². The summed E-state index contributed by atoms with van der Waals surface area (Å²) in [6, 6.07) is 14.5. The summed E-state index contributed by atoms with van der Waals surface area (Å²) in [4.78, 5) is 4.32. The molecule has 0 saturated carbocycles. The maximum Gasteiger partial charge on any atom is 0.135 e. The largest absolute Gasteiger partial charge is 0.457 e. The van der Waals surface area contributed by atoms with E-state index in [9.17, 15) is 8.78 Å². The third-order valence-electron chi connectivity index (χ3n) is 5.07. The lowest BCUT2D eigenvalue weighted by Crippen LogP contribution is -2.12. The quantitative estimate of drug-likeness (QED) is 0.334. The smallest absolute Gasteiger partial charge is 0.135 e. The fraction of sp³-hybridized carbons (Fsp3) is 0.120. The van der Waals surface area contributed by atoms with Crippen molar-refractivity contribution in [1.29, 1.82) is 0 Å². The number of aromatic nitrogens is 3. The number of nitrogens with zero attached hydrogens (tertiary/aromatic N) is 3. The van der Waals surface area contributed by atoms with Gasteiger partial charge in [-0.05, 0) is 36.8 Å². The molecule has 0 aliphatic rings. The molecule has 0 unspecified atom stereocenters. The van der Waals surface area contributed by atoms with Crippen LogP contribution in [0.1, 0.15) is 19.5 Å². The second-order valence-corrected chi connectivity index (χ2v) is 7.48. The highest BCUT2D eigenvalue weighted by Crippen LogP contribution is 2.30. The first-order valence-corrected chi connectivity index (χ1v) is 10.3. The third-order valence-corrected chi connectivity index (χ3v) is 5.07. The van der Waals surface area contributed by atoms with Gasteiger partial charge in [0.15, 0.2) is 0 Å². The van der Waals surface area contributed by atoms with Gasteiger partial charge in [0, 0.05) is 57.7 Å². The highest BCUT2D eigenvalue weighted by atomic mass is 19.1. The first kappa shape index (κ1) is 22.0. The first-order valence-electron chi connectivity index (χ1n) is 10.3. The summed E-state index contributed by atoms with van der Waals surface area (Å²) >= 11 is 0. The molecule has 4 rings (SSSR count). The molecule has 6 nitrogen and oxygen atoms in total. The van der Waals surface area contributed by atoms with Gasteiger partial charge in [-0.1, -0.05) is 18.7 Å². The van der Waals surface area contributed by atoms with E-state index in [0.717, 1.165) is 23.0 Å². The summed E-state index contributed by atoms with van der Waals surface area (Å²) in [5, 5.41) is 10.5. The fourth-order valence-electron chi connectivity index (χ4n) is 3.37. The van der Waals surface area contributed by atoms with Gasteiger partial charge in [0.25, 0.3) is 0 Å². The molecule has 0 amide bonds. The molecular formula is C25H27F2N5O. The number of ether oxygens (including phenoxy) is 1. The summed E-state index contributed by atoms with van der Waals surface area (Å²) in [7, 11) is 1.84. The van der Waals surface area contributed by atoms with E-state index in [-0.39, 0.29) is 9.40 Å². The van der Waals surface area contributed by atoms with E-state index < -0.39 is 11.6 Å². The van der Waals surface area contributed by atoms with E-state index in [0.29, 0.717) is 28.6 Å². The maximum atomic E-state index is 13.4. The lowest BCUT2D eigenvalue weighted by Gasteiger charge is -2.16. The Hall–Kier alpha value is -4.20. The lowest BCUT2D eigenvalue weighted by atomic mass is 10.0. The Labute approximate surface area is 193 Å². The van der Waals surface area contributed by atoms with Crippen molar-refractivity contribution in [2.45, 2.75) is 13.5 Å². The minimum atomic E-state index is -0.612. The zero-order chi connectivity index (χ0) is 23.4. The van der Waals surface area contributed by atoms with Crippen molar-refractivity contribution in [2.75, 3.05) is 5.32 Å². The highest BCUT2D eigenvalue weighted by Gasteiger charge is 2.11. The van der Waals surface area contributed by atoms with Gasteiger partial charge in [-0.25, -0.2) is 13.8 Å². The Bertz CT molecular complexity index is 1290. The van der Waals surface area contributed by atoms with Crippen LogP contribution in [-0.4, -0.2) is 14.8 Å². The molecule has 0 bridgehead atoms. The Morgan fingerprint density at radius 3 is 2.61 bits per heavy atom. The van der Waals surface area contributed by atoms with Crippen molar-refractivity contribution >= 4 is 17.3 Å². The van der Waals surface area contributed by atoms with Crippen molar-refractivity contribution in [3.63, 3.8) is 0 Å². The monoisotopic (exact) mass is 451 g/mol. The van der Waals surface area contributed by atoms with Gasteiger partial charge in [0.1, 0.15) is 34.8 Å². The standard InChI is InChI=1S/C25H23F2N5O.2H2/c1-16-22(17(2)29-15-18-11-19(26)13-20(27)12-18)5-4-6-23(16)33-21-7-9-28-24(14-21)31-25-8-10-30-32(25)3;;/h4-14,29H,2,15H2,1,3H3,(H,28,31);2*1H. The molecular weight excluding hydrogens is 424 g/mol. The van der Waals surface area contributed by atoms with Gasteiger partial charge in [-0.2, -0.15) is 5.10 Å². The minimum Gasteiger partial charge on any atom is -0.457 e. The number of rotatable bonds is 8. The van der Waals surface area contributed by atoms with Crippen molar-refractivity contribution in [3.05, 3.63) is 102 Å². The SMILES string of the molecule is C=C(NCc1cc(F)cc(F)c1)c1cccc(Oc2ccnc(Nc3ccnn3C)c2)c1C.[HH].[HH]. The van der Waals surface area contributed by atoms with Gasteiger partial charge in [-0.15, -0.1) is 0 Å². The van der Waals surface area contributed by atoms with E-state index >= 15 is 0 Å². The molecule has 2 heterocycles. The number of halogens is 2. The Morgan fingerprint density at radius 1 is 1.09 bits per heavy atom. The number of aryl methyl sites for hydroxylation is 1. The minimum absolute atomic E-state index is 0. The average Bonchev–Trinajstić information content (AvgIpc) is 3.17. The molecule has 0 saturated heterocycles. The van der Waals surface area contributed by atoms with Crippen LogP contribution in [0.2, 0.25) is 0 Å². The van der Waals surface area contributed by atoms with Gasteiger partial charge in [-0.3, -0.25) is 4.68 Å². The summed E-state index contributed by atoms with van der Waals surface area (Å²) in [5.74, 6) is 1.47. The zero-order valence-electron chi connectivity index (χ0n) is 18.3. The molecule has 8 heteroatoms. The Kier molecular flexibility index (Phi) is 6.35. The van der Waals surface area contributed by atoms with Crippen LogP contribution in [0.15, 0.2) is 73.6 Å². The van der Waals surface area contributed by atoms with Crippen LogP contribution in [0.5, 0.6) is 11.5 Å². The second kappa shape index (κ2) is 9.52. The summed E-state index contributed by atoms with van der Waals surface area (Å²) in [5.41, 5.74) is 2.82. The van der Waals surface area contributed by atoms with E-state index in [4.69, 9.17) is 4.74 Å². The van der Waals surface area contributed by atoms with Crippen LogP contribution in [0, 0.1) is 18.6 Å². The number of pyridine rings is 1. The van der Waals surface area contributed by atoms with E-state index in [1.807, 2.05) is 38.2 Å². The number of hydrogen-bond acceptors (Lipinski definition) is 5.